The zero-order chi connectivity index (χ0) is 14.3. The van der Waals surface area contributed by atoms with E-state index in [-0.39, 0.29) is 0 Å². The predicted octanol–water partition coefficient (Wildman–Crippen LogP) is 5.40. The van der Waals surface area contributed by atoms with Gasteiger partial charge < -0.3 is 4.40 Å². The molecular weight excluding hydrogens is 380 g/mol. The maximum atomic E-state index is 4.74. The van der Waals surface area contributed by atoms with Crippen LogP contribution in [0.2, 0.25) is 0 Å². The van der Waals surface area contributed by atoms with E-state index in [1.54, 1.807) is 0 Å². The Morgan fingerprint density at radius 3 is 2.45 bits per heavy atom. The van der Waals surface area contributed by atoms with E-state index in [2.05, 4.69) is 76.2 Å². The van der Waals surface area contributed by atoms with E-state index >= 15 is 0 Å². The second-order valence-electron chi connectivity index (χ2n) is 4.82. The molecule has 3 aromatic rings. The highest BCUT2D eigenvalue weighted by molar-refractivity contribution is 9.11. The Kier molecular flexibility index (Phi) is 3.69. The Balaban J connectivity index is 2.15. The number of rotatable bonds is 2. The molecule has 0 spiro atoms. The van der Waals surface area contributed by atoms with Crippen LogP contribution in [0.15, 0.2) is 45.6 Å². The topological polar surface area (TPSA) is 17.3 Å². The Morgan fingerprint density at radius 1 is 1.10 bits per heavy atom. The number of hydrogen-bond donors (Lipinski definition) is 0. The fourth-order valence-corrected chi connectivity index (χ4v) is 3.39. The van der Waals surface area contributed by atoms with Crippen LogP contribution in [-0.4, -0.2) is 9.38 Å². The molecule has 0 atom stereocenters. The van der Waals surface area contributed by atoms with Gasteiger partial charge in [0.1, 0.15) is 0 Å². The van der Waals surface area contributed by atoms with Gasteiger partial charge in [0.25, 0.3) is 0 Å². The predicted molar refractivity (Wildman–Crippen MR) is 90.1 cm³/mol. The molecule has 2 aromatic heterocycles. The minimum absolute atomic E-state index is 0.945. The van der Waals surface area contributed by atoms with Crippen LogP contribution in [-0.2, 0) is 6.42 Å². The molecule has 2 heterocycles. The summed E-state index contributed by atoms with van der Waals surface area (Å²) in [6.07, 6.45) is 5.17. The Bertz CT molecular complexity index is 773. The molecular formula is C16H14Br2N2. The van der Waals surface area contributed by atoms with Crippen LogP contribution in [0.25, 0.3) is 16.9 Å². The Hall–Kier alpha value is -1.13. The maximum absolute atomic E-state index is 4.74. The second kappa shape index (κ2) is 5.34. The van der Waals surface area contributed by atoms with Gasteiger partial charge in [0.05, 0.1) is 10.2 Å². The monoisotopic (exact) mass is 392 g/mol. The van der Waals surface area contributed by atoms with Gasteiger partial charge in [-0.2, -0.15) is 0 Å². The number of aryl methyl sites for hydroxylation is 1. The lowest BCUT2D eigenvalue weighted by molar-refractivity contribution is 1.14. The van der Waals surface area contributed by atoms with E-state index in [9.17, 15) is 0 Å². The van der Waals surface area contributed by atoms with Crippen molar-refractivity contribution in [3.63, 3.8) is 0 Å². The molecule has 0 saturated heterocycles. The normalized spacial score (nSPS) is 11.2. The first-order valence-electron chi connectivity index (χ1n) is 6.52. The number of aromatic nitrogens is 2. The SMILES string of the molecule is CCc1ccc(-c2cn3cc(Br)c(C)c(Br)c3n2)cc1. The number of pyridine rings is 1. The van der Waals surface area contributed by atoms with E-state index in [1.165, 1.54) is 5.56 Å². The number of hydrogen-bond acceptors (Lipinski definition) is 1. The molecule has 0 aliphatic rings. The molecule has 0 unspecified atom stereocenters. The zero-order valence-corrected chi connectivity index (χ0v) is 14.5. The molecule has 102 valence electrons. The van der Waals surface area contributed by atoms with E-state index in [1.807, 2.05) is 10.6 Å². The molecule has 20 heavy (non-hydrogen) atoms. The lowest BCUT2D eigenvalue weighted by atomic mass is 10.1. The van der Waals surface area contributed by atoms with Crippen molar-refractivity contribution in [3.05, 3.63) is 56.7 Å². The lowest BCUT2D eigenvalue weighted by Gasteiger charge is -2.03. The molecule has 0 fully saturated rings. The number of fused-ring (bicyclic) bond motifs is 1. The quantitative estimate of drug-likeness (QED) is 0.569. The van der Waals surface area contributed by atoms with Gasteiger partial charge in [0.15, 0.2) is 5.65 Å². The van der Waals surface area contributed by atoms with Gasteiger partial charge in [0, 0.05) is 22.4 Å². The van der Waals surface area contributed by atoms with Gasteiger partial charge in [-0.25, -0.2) is 4.98 Å². The lowest BCUT2D eigenvalue weighted by Crippen LogP contribution is -1.88. The third-order valence-electron chi connectivity index (χ3n) is 3.53. The smallest absolute Gasteiger partial charge is 0.152 e. The summed E-state index contributed by atoms with van der Waals surface area (Å²) in [5.41, 5.74) is 5.59. The van der Waals surface area contributed by atoms with Gasteiger partial charge in [-0.1, -0.05) is 31.2 Å². The summed E-state index contributed by atoms with van der Waals surface area (Å²) in [5, 5.41) is 0. The van der Waals surface area contributed by atoms with Crippen molar-refractivity contribution >= 4 is 37.5 Å². The summed E-state index contributed by atoms with van der Waals surface area (Å²) in [6.45, 7) is 4.23. The largest absolute Gasteiger partial charge is 0.304 e. The van der Waals surface area contributed by atoms with Crippen molar-refractivity contribution in [2.24, 2.45) is 0 Å². The van der Waals surface area contributed by atoms with Crippen molar-refractivity contribution in [2.75, 3.05) is 0 Å². The highest BCUT2D eigenvalue weighted by Crippen LogP contribution is 2.30. The summed E-state index contributed by atoms with van der Waals surface area (Å²) >= 11 is 7.20. The first-order chi connectivity index (χ1) is 9.60. The van der Waals surface area contributed by atoms with Crippen molar-refractivity contribution in [1.82, 2.24) is 9.38 Å². The Labute approximate surface area is 135 Å². The number of imidazole rings is 1. The van der Waals surface area contributed by atoms with Crippen molar-refractivity contribution in [1.29, 1.82) is 0 Å². The molecule has 2 nitrogen and oxygen atoms in total. The fourth-order valence-electron chi connectivity index (χ4n) is 2.20. The molecule has 1 aromatic carbocycles. The second-order valence-corrected chi connectivity index (χ2v) is 6.47. The number of halogens is 2. The molecule has 0 radical (unpaired) electrons. The van der Waals surface area contributed by atoms with Gasteiger partial charge in [-0.05, 0) is 56.3 Å². The van der Waals surface area contributed by atoms with E-state index in [0.717, 1.165) is 37.8 Å². The van der Waals surface area contributed by atoms with Gasteiger partial charge in [-0.3, -0.25) is 0 Å². The number of nitrogens with zero attached hydrogens (tertiary/aromatic N) is 2. The molecule has 0 bridgehead atoms. The molecule has 0 saturated carbocycles. The average molecular weight is 394 g/mol. The van der Waals surface area contributed by atoms with Crippen molar-refractivity contribution in [3.8, 4) is 11.3 Å². The third-order valence-corrected chi connectivity index (χ3v) is 5.28. The van der Waals surface area contributed by atoms with Crippen LogP contribution in [0, 0.1) is 6.92 Å². The highest BCUT2D eigenvalue weighted by atomic mass is 79.9. The maximum Gasteiger partial charge on any atom is 0.152 e. The molecule has 0 amide bonds. The van der Waals surface area contributed by atoms with E-state index in [0.29, 0.717) is 0 Å². The molecule has 0 aliphatic carbocycles. The van der Waals surface area contributed by atoms with Crippen LogP contribution in [0.3, 0.4) is 0 Å². The standard InChI is InChI=1S/C16H14Br2N2/c1-3-11-4-6-12(7-5-11)14-9-20-8-13(17)10(2)15(18)16(20)19-14/h4-9H,3H2,1-2H3. The minimum Gasteiger partial charge on any atom is -0.304 e. The van der Waals surface area contributed by atoms with Gasteiger partial charge in [-0.15, -0.1) is 0 Å². The summed E-state index contributed by atoms with van der Waals surface area (Å²) in [4.78, 5) is 4.74. The van der Waals surface area contributed by atoms with Crippen LogP contribution >= 0.6 is 31.9 Å². The average Bonchev–Trinajstić information content (AvgIpc) is 2.89. The van der Waals surface area contributed by atoms with Crippen LogP contribution in [0.4, 0.5) is 0 Å². The van der Waals surface area contributed by atoms with Crippen molar-refractivity contribution < 1.29 is 0 Å². The van der Waals surface area contributed by atoms with Gasteiger partial charge in [0.2, 0.25) is 0 Å². The van der Waals surface area contributed by atoms with E-state index in [4.69, 9.17) is 4.98 Å². The summed E-state index contributed by atoms with van der Waals surface area (Å²) < 4.78 is 4.15. The Morgan fingerprint density at radius 2 is 1.80 bits per heavy atom. The van der Waals surface area contributed by atoms with Crippen LogP contribution < -0.4 is 0 Å². The first kappa shape index (κ1) is 13.8. The van der Waals surface area contributed by atoms with Crippen molar-refractivity contribution in [2.45, 2.75) is 20.3 Å². The third kappa shape index (κ3) is 2.31. The summed E-state index contributed by atoms with van der Waals surface area (Å²) in [6, 6.07) is 8.60. The minimum atomic E-state index is 0.945. The van der Waals surface area contributed by atoms with Crippen LogP contribution in [0.1, 0.15) is 18.1 Å². The summed E-state index contributed by atoms with van der Waals surface area (Å²) in [7, 11) is 0. The molecule has 0 N–H and O–H groups in total. The molecule has 3 rings (SSSR count). The molecule has 0 aliphatic heterocycles. The fraction of sp³-hybridized carbons (Fsp3) is 0.188. The van der Waals surface area contributed by atoms with Gasteiger partial charge >= 0.3 is 0 Å². The zero-order valence-electron chi connectivity index (χ0n) is 11.3. The summed E-state index contributed by atoms with van der Waals surface area (Å²) in [5.74, 6) is 0. The highest BCUT2D eigenvalue weighted by Gasteiger charge is 2.11. The van der Waals surface area contributed by atoms with Crippen LogP contribution in [0.5, 0.6) is 0 Å². The molecule has 4 heteroatoms. The van der Waals surface area contributed by atoms with E-state index < -0.39 is 0 Å². The number of benzene rings is 1. The first-order valence-corrected chi connectivity index (χ1v) is 8.11.